The third-order valence-corrected chi connectivity index (χ3v) is 11.0. The fraction of sp³-hybridized carbons (Fsp3) is 0.0870. The minimum absolute atomic E-state index is 0.521. The molecular formula is C46H34N2. The summed E-state index contributed by atoms with van der Waals surface area (Å²) >= 11 is 0. The summed E-state index contributed by atoms with van der Waals surface area (Å²) in [7, 11) is 0. The standard InChI is InChI=1S/C46H34N2/c1-30-24-26-41-39(28-30)46(40-29-31(2)25-27-42(40)47-41)35-18-8-6-16-33(35)45(34-17-7-9-19-36(34)46)37-20-10-12-22-43(37)48(32-14-4-3-5-15-32)44-23-13-11-21-38(44)45/h3-29,47H,1-2H3. The van der Waals surface area contributed by atoms with Gasteiger partial charge in [0, 0.05) is 17.1 Å². The smallest absolute Gasteiger partial charge is 0.0748 e. The molecule has 10 rings (SSSR count). The molecule has 0 radical (unpaired) electrons. The molecule has 3 aliphatic rings. The molecule has 1 aliphatic carbocycles. The van der Waals surface area contributed by atoms with Crippen molar-refractivity contribution >= 4 is 28.4 Å². The fourth-order valence-electron chi connectivity index (χ4n) is 9.27. The van der Waals surface area contributed by atoms with Crippen molar-refractivity contribution < 1.29 is 0 Å². The summed E-state index contributed by atoms with van der Waals surface area (Å²) in [6, 6.07) is 61.4. The maximum atomic E-state index is 3.85. The lowest BCUT2D eigenvalue weighted by atomic mass is 9.49. The molecule has 2 heteroatoms. The highest BCUT2D eigenvalue weighted by atomic mass is 15.2. The van der Waals surface area contributed by atoms with Crippen LogP contribution < -0.4 is 10.2 Å². The Morgan fingerprint density at radius 3 is 1.21 bits per heavy atom. The van der Waals surface area contributed by atoms with Crippen molar-refractivity contribution in [2.24, 2.45) is 0 Å². The Morgan fingerprint density at radius 1 is 0.375 bits per heavy atom. The largest absolute Gasteiger partial charge is 0.355 e. The molecule has 228 valence electrons. The Labute approximate surface area is 282 Å². The van der Waals surface area contributed by atoms with Gasteiger partial charge in [-0.3, -0.25) is 0 Å². The number of fused-ring (bicyclic) bond motifs is 14. The molecular weight excluding hydrogens is 581 g/mol. The molecule has 2 heterocycles. The van der Waals surface area contributed by atoms with E-state index in [1.807, 2.05) is 0 Å². The Hall–Kier alpha value is -5.86. The van der Waals surface area contributed by atoms with E-state index in [0.29, 0.717) is 0 Å². The second-order valence-electron chi connectivity index (χ2n) is 13.5. The second kappa shape index (κ2) is 9.82. The van der Waals surface area contributed by atoms with E-state index in [1.165, 1.54) is 67.0 Å². The van der Waals surface area contributed by atoms with Crippen LogP contribution in [0.3, 0.4) is 0 Å². The number of rotatable bonds is 1. The molecule has 7 aromatic carbocycles. The third kappa shape index (κ3) is 3.32. The van der Waals surface area contributed by atoms with E-state index in [2.05, 4.69) is 188 Å². The second-order valence-corrected chi connectivity index (χ2v) is 13.5. The number of hydrogen-bond donors (Lipinski definition) is 1. The van der Waals surface area contributed by atoms with Crippen LogP contribution in [0.25, 0.3) is 0 Å². The average Bonchev–Trinajstić information content (AvgIpc) is 3.14. The summed E-state index contributed by atoms with van der Waals surface area (Å²) < 4.78 is 0. The van der Waals surface area contributed by atoms with Gasteiger partial charge in [-0.15, -0.1) is 0 Å². The van der Waals surface area contributed by atoms with Crippen LogP contribution in [-0.4, -0.2) is 0 Å². The van der Waals surface area contributed by atoms with Crippen LogP contribution in [0.15, 0.2) is 164 Å². The zero-order valence-electron chi connectivity index (χ0n) is 27.0. The molecule has 0 bridgehead atoms. The molecule has 2 nitrogen and oxygen atoms in total. The monoisotopic (exact) mass is 614 g/mol. The number of nitrogens with zero attached hydrogens (tertiary/aromatic N) is 1. The lowest BCUT2D eigenvalue weighted by Crippen LogP contribution is -2.48. The zero-order valence-corrected chi connectivity index (χ0v) is 27.0. The van der Waals surface area contributed by atoms with Crippen molar-refractivity contribution in [1.82, 2.24) is 0 Å². The summed E-state index contributed by atoms with van der Waals surface area (Å²) in [6.45, 7) is 4.43. The van der Waals surface area contributed by atoms with Crippen LogP contribution in [0.5, 0.6) is 0 Å². The number of hydrogen-bond acceptors (Lipinski definition) is 2. The number of anilines is 5. The minimum atomic E-state index is -0.546. The van der Waals surface area contributed by atoms with E-state index in [4.69, 9.17) is 0 Å². The van der Waals surface area contributed by atoms with Crippen LogP contribution in [-0.2, 0) is 10.8 Å². The molecule has 0 saturated carbocycles. The maximum absolute atomic E-state index is 3.85. The number of aryl methyl sites for hydroxylation is 2. The summed E-state index contributed by atoms with van der Waals surface area (Å²) in [5.74, 6) is 0. The van der Waals surface area contributed by atoms with Crippen molar-refractivity contribution in [3.63, 3.8) is 0 Å². The summed E-state index contributed by atoms with van der Waals surface area (Å²) in [5.41, 5.74) is 17.9. The number of para-hydroxylation sites is 3. The van der Waals surface area contributed by atoms with Crippen molar-refractivity contribution in [3.8, 4) is 0 Å². The van der Waals surface area contributed by atoms with E-state index < -0.39 is 10.8 Å². The van der Waals surface area contributed by atoms with E-state index >= 15 is 0 Å². The predicted molar refractivity (Wildman–Crippen MR) is 198 cm³/mol. The first-order valence-electron chi connectivity index (χ1n) is 16.9. The zero-order chi connectivity index (χ0) is 32.0. The Bertz CT molecular complexity index is 2270. The van der Waals surface area contributed by atoms with Crippen LogP contribution in [0.1, 0.15) is 55.6 Å². The molecule has 0 saturated heterocycles. The molecule has 48 heavy (non-hydrogen) atoms. The van der Waals surface area contributed by atoms with Crippen molar-refractivity contribution in [1.29, 1.82) is 0 Å². The quantitative estimate of drug-likeness (QED) is 0.198. The van der Waals surface area contributed by atoms with Gasteiger partial charge in [-0.25, -0.2) is 0 Å². The molecule has 0 fully saturated rings. The minimum Gasteiger partial charge on any atom is -0.355 e. The highest BCUT2D eigenvalue weighted by Crippen LogP contribution is 2.66. The molecule has 0 atom stereocenters. The van der Waals surface area contributed by atoms with Crippen LogP contribution in [0.2, 0.25) is 0 Å². The van der Waals surface area contributed by atoms with Crippen LogP contribution >= 0.6 is 0 Å². The van der Waals surface area contributed by atoms with Gasteiger partial charge in [0.25, 0.3) is 0 Å². The molecule has 1 N–H and O–H groups in total. The molecule has 0 unspecified atom stereocenters. The summed E-state index contributed by atoms with van der Waals surface area (Å²) in [4.78, 5) is 2.45. The summed E-state index contributed by atoms with van der Waals surface area (Å²) in [6.07, 6.45) is 0. The van der Waals surface area contributed by atoms with Gasteiger partial charge in [0.1, 0.15) is 0 Å². The summed E-state index contributed by atoms with van der Waals surface area (Å²) in [5, 5.41) is 3.85. The van der Waals surface area contributed by atoms with E-state index in [0.717, 1.165) is 17.1 Å². The fourth-order valence-corrected chi connectivity index (χ4v) is 9.27. The Balaban J connectivity index is 1.41. The highest BCUT2D eigenvalue weighted by Gasteiger charge is 2.58. The van der Waals surface area contributed by atoms with E-state index in [1.54, 1.807) is 0 Å². The first-order valence-corrected chi connectivity index (χ1v) is 16.9. The molecule has 0 aromatic heterocycles. The van der Waals surface area contributed by atoms with Crippen LogP contribution in [0.4, 0.5) is 28.4 Å². The van der Waals surface area contributed by atoms with Crippen molar-refractivity contribution in [2.75, 3.05) is 10.2 Å². The average molecular weight is 615 g/mol. The molecule has 2 aliphatic heterocycles. The van der Waals surface area contributed by atoms with Gasteiger partial charge < -0.3 is 10.2 Å². The SMILES string of the molecule is Cc1ccc2c(c1)C1(c3cc(C)ccc3N2)c2ccccc2C2(c3ccccc3N(c3ccccc3)c3ccccc32)c2ccccc21. The normalized spacial score (nSPS) is 15.3. The Morgan fingerprint density at radius 2 is 0.750 bits per heavy atom. The lowest BCUT2D eigenvalue weighted by molar-refractivity contribution is 0.609. The van der Waals surface area contributed by atoms with Crippen molar-refractivity contribution in [3.05, 3.63) is 219 Å². The van der Waals surface area contributed by atoms with Gasteiger partial charge in [-0.2, -0.15) is 0 Å². The van der Waals surface area contributed by atoms with Crippen molar-refractivity contribution in [2.45, 2.75) is 24.7 Å². The molecule has 0 amide bonds. The van der Waals surface area contributed by atoms with E-state index in [9.17, 15) is 0 Å². The van der Waals surface area contributed by atoms with Gasteiger partial charge >= 0.3 is 0 Å². The van der Waals surface area contributed by atoms with Gasteiger partial charge in [-0.1, -0.05) is 139 Å². The first kappa shape index (κ1) is 27.3. The Kier molecular flexibility index (Phi) is 5.58. The van der Waals surface area contributed by atoms with Crippen LogP contribution in [0, 0.1) is 13.8 Å². The van der Waals surface area contributed by atoms with E-state index in [-0.39, 0.29) is 0 Å². The number of benzene rings is 7. The van der Waals surface area contributed by atoms with Gasteiger partial charge in [-0.05, 0) is 94.8 Å². The lowest BCUT2D eigenvalue weighted by Gasteiger charge is -2.55. The maximum Gasteiger partial charge on any atom is 0.0748 e. The van der Waals surface area contributed by atoms with Gasteiger partial charge in [0.2, 0.25) is 0 Å². The number of nitrogens with one attached hydrogen (secondary N) is 1. The first-order chi connectivity index (χ1) is 23.6. The molecule has 2 spiro atoms. The highest BCUT2D eigenvalue weighted by molar-refractivity contribution is 5.93. The molecule has 7 aromatic rings. The van der Waals surface area contributed by atoms with Gasteiger partial charge in [0.15, 0.2) is 0 Å². The van der Waals surface area contributed by atoms with Gasteiger partial charge in [0.05, 0.1) is 22.2 Å². The topological polar surface area (TPSA) is 15.3 Å². The third-order valence-electron chi connectivity index (χ3n) is 11.0. The predicted octanol–water partition coefficient (Wildman–Crippen LogP) is 11.2.